The maximum Gasteiger partial charge on any atom is 0.262 e. The van der Waals surface area contributed by atoms with Crippen LogP contribution in [0.15, 0.2) is 28.0 Å². The van der Waals surface area contributed by atoms with Crippen molar-refractivity contribution in [2.45, 2.75) is 17.9 Å². The average Bonchev–Trinajstić information content (AvgIpc) is 3.18. The van der Waals surface area contributed by atoms with Gasteiger partial charge in [-0.05, 0) is 29.3 Å². The molecule has 2 atom stereocenters. The minimum Gasteiger partial charge on any atom is -0.396 e. The van der Waals surface area contributed by atoms with Crippen molar-refractivity contribution >= 4 is 21.4 Å². The van der Waals surface area contributed by atoms with Gasteiger partial charge in [0.05, 0.1) is 0 Å². The van der Waals surface area contributed by atoms with Gasteiger partial charge in [-0.2, -0.15) is 15.6 Å². The number of hydrogen-bond donors (Lipinski definition) is 1. The lowest BCUT2D eigenvalue weighted by Crippen LogP contribution is -2.29. The van der Waals surface area contributed by atoms with E-state index in [9.17, 15) is 13.5 Å². The number of aliphatic hydroxyl groups is 1. The van der Waals surface area contributed by atoms with E-state index in [-0.39, 0.29) is 23.5 Å². The molecule has 2 aromatic rings. The van der Waals surface area contributed by atoms with E-state index in [2.05, 4.69) is 4.98 Å². The van der Waals surface area contributed by atoms with Gasteiger partial charge in [-0.25, -0.2) is 13.4 Å². The van der Waals surface area contributed by atoms with Crippen LogP contribution in [0.3, 0.4) is 0 Å². The molecular formula is C14H19N3O3S2. The van der Waals surface area contributed by atoms with Crippen molar-refractivity contribution in [3.8, 4) is 0 Å². The van der Waals surface area contributed by atoms with Crippen LogP contribution in [0.25, 0.3) is 0 Å². The van der Waals surface area contributed by atoms with Crippen LogP contribution in [0.2, 0.25) is 0 Å². The normalized spacial score (nSPS) is 23.2. The highest BCUT2D eigenvalue weighted by molar-refractivity contribution is 7.89. The van der Waals surface area contributed by atoms with E-state index in [1.165, 1.54) is 10.5 Å². The number of imidazole rings is 1. The lowest BCUT2D eigenvalue weighted by molar-refractivity contribution is 0.223. The first-order valence-electron chi connectivity index (χ1n) is 7.06. The monoisotopic (exact) mass is 341 g/mol. The summed E-state index contributed by atoms with van der Waals surface area (Å²) in [5, 5.41) is 13.7. The molecule has 0 amide bonds. The molecule has 8 heteroatoms. The summed E-state index contributed by atoms with van der Waals surface area (Å²) in [4.78, 5) is 4.14. The minimum atomic E-state index is -3.61. The van der Waals surface area contributed by atoms with E-state index in [1.54, 1.807) is 29.9 Å². The number of rotatable bonds is 4. The van der Waals surface area contributed by atoms with Crippen molar-refractivity contribution in [2.75, 3.05) is 19.7 Å². The molecule has 2 aromatic heterocycles. The highest BCUT2D eigenvalue weighted by atomic mass is 32.2. The van der Waals surface area contributed by atoms with Gasteiger partial charge in [-0.3, -0.25) is 0 Å². The average molecular weight is 341 g/mol. The Morgan fingerprint density at radius 1 is 1.45 bits per heavy atom. The van der Waals surface area contributed by atoms with Gasteiger partial charge in [0.25, 0.3) is 10.0 Å². The SMILES string of the molecule is Cc1nc(S(=O)(=O)N2C[C@@H](CO)[C@@H](c3ccsc3)C2)cn1C. The Bertz CT molecular complexity index is 733. The lowest BCUT2D eigenvalue weighted by atomic mass is 9.92. The fourth-order valence-electron chi connectivity index (χ4n) is 2.86. The molecule has 6 nitrogen and oxygen atoms in total. The van der Waals surface area contributed by atoms with Crippen LogP contribution >= 0.6 is 11.3 Å². The number of aliphatic hydroxyl groups excluding tert-OH is 1. The molecule has 120 valence electrons. The molecule has 0 aromatic carbocycles. The Kier molecular flexibility index (Phi) is 4.11. The predicted molar refractivity (Wildman–Crippen MR) is 84.3 cm³/mol. The number of sulfonamides is 1. The summed E-state index contributed by atoms with van der Waals surface area (Å²) in [7, 11) is -1.84. The second kappa shape index (κ2) is 5.77. The Morgan fingerprint density at radius 2 is 2.23 bits per heavy atom. The number of hydrogen-bond acceptors (Lipinski definition) is 5. The molecule has 1 fully saturated rings. The van der Waals surface area contributed by atoms with Crippen molar-refractivity contribution in [1.29, 1.82) is 0 Å². The summed E-state index contributed by atoms with van der Waals surface area (Å²) >= 11 is 1.58. The highest BCUT2D eigenvalue weighted by Gasteiger charge is 2.40. The summed E-state index contributed by atoms with van der Waals surface area (Å²) in [6.07, 6.45) is 1.54. The zero-order valence-electron chi connectivity index (χ0n) is 12.5. The molecule has 0 radical (unpaired) electrons. The fourth-order valence-corrected chi connectivity index (χ4v) is 5.13. The molecule has 3 heterocycles. The third-order valence-corrected chi connectivity index (χ3v) is 6.71. The summed E-state index contributed by atoms with van der Waals surface area (Å²) in [5.41, 5.74) is 1.10. The van der Waals surface area contributed by atoms with Gasteiger partial charge >= 0.3 is 0 Å². The molecule has 0 bridgehead atoms. The van der Waals surface area contributed by atoms with Crippen molar-refractivity contribution in [1.82, 2.24) is 13.9 Å². The van der Waals surface area contributed by atoms with Crippen LogP contribution in [0.4, 0.5) is 0 Å². The number of aryl methyl sites for hydroxylation is 2. The molecule has 1 aliphatic heterocycles. The minimum absolute atomic E-state index is 0.0201. The first-order valence-corrected chi connectivity index (χ1v) is 9.45. The van der Waals surface area contributed by atoms with Crippen molar-refractivity contribution in [3.05, 3.63) is 34.4 Å². The van der Waals surface area contributed by atoms with Crippen molar-refractivity contribution in [3.63, 3.8) is 0 Å². The Hall–Kier alpha value is -1.22. The quantitative estimate of drug-likeness (QED) is 0.906. The van der Waals surface area contributed by atoms with Gasteiger partial charge in [-0.15, -0.1) is 0 Å². The van der Waals surface area contributed by atoms with Gasteiger partial charge in [0.15, 0.2) is 5.03 Å². The van der Waals surface area contributed by atoms with Gasteiger partial charge in [-0.1, -0.05) is 0 Å². The lowest BCUT2D eigenvalue weighted by Gasteiger charge is -2.14. The van der Waals surface area contributed by atoms with Gasteiger partial charge in [0, 0.05) is 44.8 Å². The molecule has 0 saturated carbocycles. The first kappa shape index (κ1) is 15.7. The number of nitrogens with zero attached hydrogens (tertiary/aromatic N) is 3. The van der Waals surface area contributed by atoms with Crippen LogP contribution in [-0.2, 0) is 17.1 Å². The Balaban J connectivity index is 1.89. The van der Waals surface area contributed by atoms with Crippen LogP contribution < -0.4 is 0 Å². The smallest absolute Gasteiger partial charge is 0.262 e. The van der Waals surface area contributed by atoms with E-state index >= 15 is 0 Å². The molecule has 1 aliphatic rings. The van der Waals surface area contributed by atoms with Gasteiger partial charge in [0.2, 0.25) is 0 Å². The highest BCUT2D eigenvalue weighted by Crippen LogP contribution is 2.36. The van der Waals surface area contributed by atoms with Crippen LogP contribution in [0.1, 0.15) is 17.3 Å². The van der Waals surface area contributed by atoms with E-state index in [4.69, 9.17) is 0 Å². The molecule has 0 spiro atoms. The fraction of sp³-hybridized carbons (Fsp3) is 0.500. The summed E-state index contributed by atoms with van der Waals surface area (Å²) < 4.78 is 28.6. The third-order valence-electron chi connectivity index (χ3n) is 4.30. The van der Waals surface area contributed by atoms with Crippen molar-refractivity contribution < 1.29 is 13.5 Å². The molecule has 1 saturated heterocycles. The second-order valence-corrected chi connectivity index (χ2v) is 8.33. The molecule has 1 N–H and O–H groups in total. The Morgan fingerprint density at radius 3 is 2.77 bits per heavy atom. The van der Waals surface area contributed by atoms with Crippen LogP contribution in [0.5, 0.6) is 0 Å². The summed E-state index contributed by atoms with van der Waals surface area (Å²) in [6, 6.07) is 2.00. The van der Waals surface area contributed by atoms with E-state index in [0.29, 0.717) is 18.9 Å². The van der Waals surface area contributed by atoms with Crippen LogP contribution in [-0.4, -0.2) is 47.1 Å². The van der Waals surface area contributed by atoms with E-state index in [0.717, 1.165) is 5.56 Å². The summed E-state index contributed by atoms with van der Waals surface area (Å²) in [6.45, 7) is 2.47. The van der Waals surface area contributed by atoms with Gasteiger partial charge < -0.3 is 9.67 Å². The zero-order chi connectivity index (χ0) is 15.9. The largest absolute Gasteiger partial charge is 0.396 e. The maximum atomic E-state index is 12.7. The zero-order valence-corrected chi connectivity index (χ0v) is 14.1. The van der Waals surface area contributed by atoms with E-state index in [1.807, 2.05) is 16.8 Å². The maximum absolute atomic E-state index is 12.7. The predicted octanol–water partition coefficient (Wildman–Crippen LogP) is 1.19. The van der Waals surface area contributed by atoms with Crippen molar-refractivity contribution in [2.24, 2.45) is 13.0 Å². The Labute approximate surface area is 134 Å². The first-order chi connectivity index (χ1) is 10.4. The molecule has 3 rings (SSSR count). The molecule has 0 unspecified atom stereocenters. The number of aromatic nitrogens is 2. The summed E-state index contributed by atoms with van der Waals surface area (Å²) in [5.74, 6) is 0.621. The van der Waals surface area contributed by atoms with E-state index < -0.39 is 10.0 Å². The number of thiophene rings is 1. The molecule has 22 heavy (non-hydrogen) atoms. The van der Waals surface area contributed by atoms with Gasteiger partial charge in [0.1, 0.15) is 5.82 Å². The third kappa shape index (κ3) is 2.60. The van der Waals surface area contributed by atoms with Crippen LogP contribution in [0, 0.1) is 12.8 Å². The molecular weight excluding hydrogens is 322 g/mol. The second-order valence-electron chi connectivity index (χ2n) is 5.67. The topological polar surface area (TPSA) is 75.4 Å². The molecule has 0 aliphatic carbocycles. The standard InChI is InChI=1S/C14H19N3O3S2/c1-10-15-14(7-16(10)2)22(19,20)17-5-12(8-18)13(6-17)11-3-4-21-9-11/h3-4,7,9,12-13,18H,5-6,8H2,1-2H3/t12-,13+/m0/s1.